The number of likely N-dealkylation sites (tertiary alicyclic amines) is 2. The number of alkyl halides is 3. The van der Waals surface area contributed by atoms with Crippen molar-refractivity contribution in [3.05, 3.63) is 60.2 Å². The molecule has 20 heteroatoms. The Kier molecular flexibility index (Phi) is 17.3. The third-order valence-electron chi connectivity index (χ3n) is 16.2. The highest BCUT2D eigenvalue weighted by Crippen LogP contribution is 2.38. The van der Waals surface area contributed by atoms with Crippen LogP contribution in [0.5, 0.6) is 0 Å². The number of nitrogens with one attached hydrogen (secondary N) is 4. The predicted octanol–water partition coefficient (Wildman–Crippen LogP) is 4.46. The smallest absolute Gasteiger partial charge is 0.358 e. The second-order valence-corrected chi connectivity index (χ2v) is 20.9. The molecule has 392 valence electrons. The molecule has 6 atom stereocenters. The lowest BCUT2D eigenvalue weighted by atomic mass is 9.80. The number of hydrogen-bond donors (Lipinski definition) is 4. The van der Waals surface area contributed by atoms with Crippen molar-refractivity contribution in [3.63, 3.8) is 0 Å². The molecule has 17 nitrogen and oxygen atoms in total. The summed E-state index contributed by atoms with van der Waals surface area (Å²) in [6.45, 7) is 11.4. The fraction of sp³-hybridized carbons (Fsp3) is 0.654. The topological polar surface area (TPSA) is 188 Å². The van der Waals surface area contributed by atoms with Gasteiger partial charge in [-0.1, -0.05) is 6.07 Å². The van der Waals surface area contributed by atoms with Crippen LogP contribution in [0.15, 0.2) is 49.1 Å². The Morgan fingerprint density at radius 1 is 0.833 bits per heavy atom. The molecule has 8 rings (SSSR count). The number of anilines is 1. The van der Waals surface area contributed by atoms with Gasteiger partial charge in [0.25, 0.3) is 0 Å². The number of fused-ring (bicyclic) bond motifs is 1. The fourth-order valence-corrected chi connectivity index (χ4v) is 11.7. The summed E-state index contributed by atoms with van der Waals surface area (Å²) >= 11 is 0. The first-order valence-corrected chi connectivity index (χ1v) is 26.1. The summed E-state index contributed by atoms with van der Waals surface area (Å²) in [6.07, 6.45) is 7.15. The summed E-state index contributed by atoms with van der Waals surface area (Å²) in [4.78, 5) is 90.3. The van der Waals surface area contributed by atoms with Crippen LogP contribution in [-0.4, -0.2) is 172 Å². The summed E-state index contributed by atoms with van der Waals surface area (Å²) < 4.78 is 40.8. The first-order valence-electron chi connectivity index (χ1n) is 26.1. The van der Waals surface area contributed by atoms with Gasteiger partial charge in [-0.2, -0.15) is 13.2 Å². The van der Waals surface area contributed by atoms with Gasteiger partial charge in [0.2, 0.25) is 29.5 Å². The van der Waals surface area contributed by atoms with E-state index in [1.54, 1.807) is 24.3 Å². The van der Waals surface area contributed by atoms with Gasteiger partial charge in [0, 0.05) is 101 Å². The normalized spacial score (nSPS) is 26.7. The Labute approximate surface area is 420 Å². The van der Waals surface area contributed by atoms with Gasteiger partial charge < -0.3 is 45.8 Å². The van der Waals surface area contributed by atoms with Gasteiger partial charge in [-0.05, 0) is 128 Å². The zero-order valence-electron chi connectivity index (χ0n) is 42.2. The zero-order chi connectivity index (χ0) is 51.1. The number of halogens is 3. The quantitative estimate of drug-likeness (QED) is 0.131. The second kappa shape index (κ2) is 23.6. The third-order valence-corrected chi connectivity index (χ3v) is 16.2. The first-order chi connectivity index (χ1) is 34.5. The van der Waals surface area contributed by atoms with Crippen LogP contribution in [0.1, 0.15) is 102 Å². The number of carbonyl (C=O) groups is 5. The van der Waals surface area contributed by atoms with Crippen LogP contribution >= 0.6 is 0 Å². The summed E-state index contributed by atoms with van der Waals surface area (Å²) in [5.41, 5.74) is 0.386. The van der Waals surface area contributed by atoms with Gasteiger partial charge in [-0.3, -0.25) is 29.0 Å². The molecule has 2 aromatic heterocycles. The van der Waals surface area contributed by atoms with Gasteiger partial charge in [0.05, 0.1) is 35.1 Å². The zero-order valence-corrected chi connectivity index (χ0v) is 42.2. The Bertz CT molecular complexity index is 2360. The molecular weight excluding hydrogens is 930 g/mol. The molecule has 4 N–H and O–H groups in total. The highest BCUT2D eigenvalue weighted by Gasteiger charge is 2.45. The Morgan fingerprint density at radius 2 is 1.50 bits per heavy atom. The van der Waals surface area contributed by atoms with Crippen LogP contribution in [0.25, 0.3) is 10.9 Å². The molecule has 72 heavy (non-hydrogen) atoms. The summed E-state index contributed by atoms with van der Waals surface area (Å²) in [5, 5.41) is 12.9. The molecule has 3 saturated heterocycles. The minimum Gasteiger partial charge on any atom is -0.358 e. The van der Waals surface area contributed by atoms with Crippen LogP contribution < -0.4 is 21.3 Å². The van der Waals surface area contributed by atoms with Gasteiger partial charge >= 0.3 is 6.18 Å². The summed E-state index contributed by atoms with van der Waals surface area (Å²) in [6, 6.07) is 6.01. The standard InChI is InChI=1S/C52H73F3N12O5/c1-33(2)63(3)38-14-16-44(67-23-17-42(51(67)72)61-47-39-28-37(52(53,54)55)13-15-41(39)59-32-60-47)43(29-38)62-49(70)35-11-9-34(10-12-35)48(69)57-19-6-21-65-24-26-66(27-25-65)22-7-20-58-50(71)40-30-45(68)64(4)46(40)36-8-5-18-56-31-36/h5,8,13,15,18,28,31-35,38,40,42-44,46H,6-7,9-12,14,16-17,19-27,29-30H2,1-4H3,(H,57,69)(H,58,71)(H,62,70)(H,59,60,61)/t34-,35+,38-,40+,42+,43-,44+,46-/m1/s1. The first kappa shape index (κ1) is 52.8. The highest BCUT2D eigenvalue weighted by molar-refractivity contribution is 5.93. The van der Waals surface area contributed by atoms with Crippen LogP contribution in [0, 0.1) is 17.8 Å². The number of pyridine rings is 1. The monoisotopic (exact) mass is 1000 g/mol. The molecule has 5 heterocycles. The number of rotatable bonds is 18. The minimum absolute atomic E-state index is 0.0380. The van der Waals surface area contributed by atoms with Crippen molar-refractivity contribution in [2.45, 2.75) is 127 Å². The van der Waals surface area contributed by atoms with E-state index in [1.807, 2.05) is 17.0 Å². The molecule has 5 fully saturated rings. The van der Waals surface area contributed by atoms with E-state index >= 15 is 0 Å². The number of amides is 5. The van der Waals surface area contributed by atoms with Crippen molar-refractivity contribution in [2.75, 3.05) is 78.3 Å². The molecule has 2 saturated carbocycles. The molecule has 3 aliphatic heterocycles. The van der Waals surface area contributed by atoms with E-state index in [-0.39, 0.29) is 83.2 Å². The lowest BCUT2D eigenvalue weighted by molar-refractivity contribution is -0.137. The number of benzene rings is 1. The maximum atomic E-state index is 14.1. The lowest BCUT2D eigenvalue weighted by Gasteiger charge is -2.45. The maximum Gasteiger partial charge on any atom is 0.416 e. The van der Waals surface area contributed by atoms with Crippen LogP contribution in [-0.2, 0) is 30.1 Å². The SMILES string of the molecule is CC(C)N(C)[C@@H]1CC[C@H](N2CC[C@H](Nc3ncnc4ccc(C(F)(F)F)cc34)C2=O)[C@H](NC(=O)[C@H]2CC[C@@H](C(=O)NCCCN3CCN(CCCNC(=O)[C@H]4CC(=O)N(C)[C@@H]4c4cccnc4)CC3)CC2)C1. The number of nitrogens with zero attached hydrogens (tertiary/aromatic N) is 8. The van der Waals surface area contributed by atoms with Crippen molar-refractivity contribution in [2.24, 2.45) is 17.8 Å². The van der Waals surface area contributed by atoms with Gasteiger partial charge in [-0.15, -0.1) is 0 Å². The lowest BCUT2D eigenvalue weighted by Crippen LogP contribution is -2.59. The minimum atomic E-state index is -4.54. The maximum absolute atomic E-state index is 14.1. The highest BCUT2D eigenvalue weighted by atomic mass is 19.4. The second-order valence-electron chi connectivity index (χ2n) is 20.9. The van der Waals surface area contributed by atoms with Crippen molar-refractivity contribution < 1.29 is 37.1 Å². The van der Waals surface area contributed by atoms with Crippen molar-refractivity contribution in [1.82, 2.24) is 55.4 Å². The van der Waals surface area contributed by atoms with Crippen molar-refractivity contribution >= 4 is 46.3 Å². The van der Waals surface area contributed by atoms with E-state index in [4.69, 9.17) is 0 Å². The molecule has 3 aromatic rings. The molecule has 5 aliphatic rings. The fourth-order valence-electron chi connectivity index (χ4n) is 11.7. The van der Waals surface area contributed by atoms with Gasteiger partial charge in [0.1, 0.15) is 18.2 Å². The number of hydrogen-bond acceptors (Lipinski definition) is 12. The van der Waals surface area contributed by atoms with E-state index in [1.165, 1.54) is 12.4 Å². The van der Waals surface area contributed by atoms with Gasteiger partial charge in [-0.25, -0.2) is 9.97 Å². The van der Waals surface area contributed by atoms with Crippen LogP contribution in [0.4, 0.5) is 19.0 Å². The summed E-state index contributed by atoms with van der Waals surface area (Å²) in [7, 11) is 3.84. The average molecular weight is 1000 g/mol. The molecule has 0 spiro atoms. The van der Waals surface area contributed by atoms with E-state index < -0.39 is 23.7 Å². The third kappa shape index (κ3) is 12.6. The molecule has 1 aromatic carbocycles. The van der Waals surface area contributed by atoms with E-state index in [9.17, 15) is 37.1 Å². The average Bonchev–Trinajstić information content (AvgIpc) is 3.89. The van der Waals surface area contributed by atoms with E-state index in [0.29, 0.717) is 76.1 Å². The van der Waals surface area contributed by atoms with Crippen molar-refractivity contribution in [1.29, 1.82) is 0 Å². The Balaban J connectivity index is 0.738. The number of piperazine rings is 1. The Hall–Kier alpha value is -5.47. The molecule has 0 bridgehead atoms. The van der Waals surface area contributed by atoms with Crippen LogP contribution in [0.2, 0.25) is 0 Å². The molecule has 0 unspecified atom stereocenters. The molecular formula is C52H73F3N12O5. The Morgan fingerprint density at radius 3 is 2.14 bits per heavy atom. The number of carbonyl (C=O) groups excluding carboxylic acids is 5. The van der Waals surface area contributed by atoms with Crippen molar-refractivity contribution in [3.8, 4) is 0 Å². The van der Waals surface area contributed by atoms with Crippen LogP contribution in [0.3, 0.4) is 0 Å². The predicted molar refractivity (Wildman–Crippen MR) is 266 cm³/mol. The van der Waals surface area contributed by atoms with E-state index in [0.717, 1.165) is 76.2 Å². The van der Waals surface area contributed by atoms with Gasteiger partial charge in [0.15, 0.2) is 0 Å². The molecule has 5 amide bonds. The molecule has 0 radical (unpaired) electrons. The summed E-state index contributed by atoms with van der Waals surface area (Å²) in [5.74, 6) is -0.934. The largest absolute Gasteiger partial charge is 0.416 e. The molecule has 2 aliphatic carbocycles. The number of aromatic nitrogens is 3. The van der Waals surface area contributed by atoms with E-state index in [2.05, 4.69) is 71.8 Å².